The van der Waals surface area contributed by atoms with E-state index in [-0.39, 0.29) is 0 Å². The summed E-state index contributed by atoms with van der Waals surface area (Å²) < 4.78 is 20.4. The van der Waals surface area contributed by atoms with Gasteiger partial charge in [0.25, 0.3) is 0 Å². The van der Waals surface area contributed by atoms with Crippen LogP contribution in [-0.4, -0.2) is 63.3 Å². The Morgan fingerprint density at radius 2 is 1.33 bits per heavy atom. The van der Waals surface area contributed by atoms with Crippen molar-refractivity contribution in [1.29, 1.82) is 0 Å². The van der Waals surface area contributed by atoms with Crippen molar-refractivity contribution >= 4 is 63.3 Å². The van der Waals surface area contributed by atoms with E-state index in [4.69, 9.17) is 15.2 Å². The van der Waals surface area contributed by atoms with E-state index in [1.807, 2.05) is 0 Å². The van der Waals surface area contributed by atoms with Gasteiger partial charge in [-0.2, -0.15) is 0 Å². The zero-order valence-corrected chi connectivity index (χ0v) is 15.1. The van der Waals surface area contributed by atoms with Gasteiger partial charge in [0.2, 0.25) is 0 Å². The quantitative estimate of drug-likeness (QED) is 0.438. The Bertz CT molecular complexity index is 56.7. The fourth-order valence-corrected chi connectivity index (χ4v) is 13.5. The highest BCUT2D eigenvalue weighted by Gasteiger charge is 2.34. The monoisotopic (exact) mass is 212 g/mol. The minimum absolute atomic E-state index is 0.628. The second kappa shape index (κ2) is 5.24. The minimum atomic E-state index is -2.44. The van der Waals surface area contributed by atoms with Crippen LogP contribution in [0.1, 0.15) is 0 Å². The highest BCUT2D eigenvalue weighted by Crippen LogP contribution is 2.02. The maximum atomic E-state index is 5.10. The molecule has 0 aromatic rings. The van der Waals surface area contributed by atoms with Crippen LogP contribution in [0.4, 0.5) is 0 Å². The van der Waals surface area contributed by atoms with Crippen molar-refractivity contribution in [1.82, 2.24) is 0 Å². The second-order valence-corrected chi connectivity index (χ2v) is 8.85. The van der Waals surface area contributed by atoms with Crippen LogP contribution in [0.25, 0.3) is 0 Å². The summed E-state index contributed by atoms with van der Waals surface area (Å²) >= 11 is 1.26. The third-order valence-electron chi connectivity index (χ3n) is 1.00. The lowest BCUT2D eigenvalue weighted by Gasteiger charge is -2.25. The van der Waals surface area contributed by atoms with Gasteiger partial charge < -0.3 is 15.2 Å². The molecule has 0 unspecified atom stereocenters. The molecule has 0 aromatic heterocycles. The van der Waals surface area contributed by atoms with Crippen molar-refractivity contribution in [3.8, 4) is 0 Å². The lowest BCUT2D eigenvalue weighted by atomic mass is 15.6. The average molecular weight is 212 g/mol. The zero-order valence-electron chi connectivity index (χ0n) is 6.13. The van der Waals surface area contributed by atoms with Gasteiger partial charge in [-0.3, -0.25) is 0 Å². The predicted octanol–water partition coefficient (Wildman–Crippen LogP) is -4.85. The van der Waals surface area contributed by atoms with Crippen LogP contribution >= 0.6 is 0 Å². The normalized spacial score (nSPS) is 12.4. The van der Waals surface area contributed by atoms with E-state index in [1.54, 1.807) is 0 Å². The van der Waals surface area contributed by atoms with Gasteiger partial charge in [-0.15, -0.1) is 0 Å². The van der Waals surface area contributed by atoms with Gasteiger partial charge in [0.05, 0.1) is 0 Å². The minimum Gasteiger partial charge on any atom is -0.489 e. The number of hydrogen-bond acceptors (Lipinski definition) is 4. The molecule has 4 nitrogen and oxygen atoms in total. The lowest BCUT2D eigenvalue weighted by Crippen LogP contribution is -2.46. The summed E-state index contributed by atoms with van der Waals surface area (Å²) in [6, 6.07) is 0. The van der Waals surface area contributed by atoms with E-state index in [0.29, 0.717) is 54.2 Å². The SMILES string of the molecule is [AlH2][O][Si]([O][AlH2])(O[SiH3])O[SiH3]. The van der Waals surface area contributed by atoms with Crippen LogP contribution in [0.3, 0.4) is 0 Å². The highest BCUT2D eigenvalue weighted by molar-refractivity contribution is 6.66. The van der Waals surface area contributed by atoms with Crippen molar-refractivity contribution in [3.63, 3.8) is 0 Å². The van der Waals surface area contributed by atoms with E-state index >= 15 is 0 Å². The van der Waals surface area contributed by atoms with E-state index in [1.165, 1.54) is 0 Å². The van der Waals surface area contributed by atoms with Gasteiger partial charge >= 0.3 is 42.3 Å². The van der Waals surface area contributed by atoms with Crippen molar-refractivity contribution < 1.29 is 15.2 Å². The van der Waals surface area contributed by atoms with E-state index < -0.39 is 9.05 Å². The van der Waals surface area contributed by atoms with Crippen LogP contribution in [0.15, 0.2) is 0 Å². The molecule has 9 heteroatoms. The molecule has 0 spiro atoms. The largest absolute Gasteiger partial charge is 0.596 e. The summed E-state index contributed by atoms with van der Waals surface area (Å²) in [6.45, 7) is 0. The molecule has 0 aromatic carbocycles. The lowest BCUT2D eigenvalue weighted by molar-refractivity contribution is 0.189. The van der Waals surface area contributed by atoms with E-state index in [2.05, 4.69) is 0 Å². The van der Waals surface area contributed by atoms with Gasteiger partial charge in [0.1, 0.15) is 21.0 Å². The molecule has 0 aliphatic carbocycles. The molecule has 0 saturated carbocycles. The molecule has 0 atom stereocenters. The van der Waals surface area contributed by atoms with Gasteiger partial charge in [0.15, 0.2) is 0 Å². The summed E-state index contributed by atoms with van der Waals surface area (Å²) in [5, 5.41) is 0. The molecule has 0 amide bonds. The maximum absolute atomic E-state index is 5.10. The van der Waals surface area contributed by atoms with Gasteiger partial charge in [-0.05, 0) is 0 Å². The molecule has 52 valence electrons. The zero-order chi connectivity index (χ0) is 7.33. The second-order valence-electron chi connectivity index (χ2n) is 1.32. The Hall–Kier alpha value is 1.56. The molecule has 0 aliphatic heterocycles. The van der Waals surface area contributed by atoms with Crippen molar-refractivity contribution in [2.75, 3.05) is 0 Å². The fourth-order valence-electron chi connectivity index (χ4n) is 0.500. The smallest absolute Gasteiger partial charge is 0.489 e. The molecular weight excluding hydrogens is 202 g/mol. The third kappa shape index (κ3) is 2.97. The molecule has 0 fully saturated rings. The molecule has 0 radical (unpaired) electrons. The van der Waals surface area contributed by atoms with Gasteiger partial charge in [-0.25, -0.2) is 0 Å². The van der Waals surface area contributed by atoms with Gasteiger partial charge in [-0.1, -0.05) is 0 Å². The summed E-state index contributed by atoms with van der Waals surface area (Å²) in [5.74, 6) is 0. The first-order valence-corrected chi connectivity index (χ1v) is 7.35. The number of rotatable bonds is 4. The van der Waals surface area contributed by atoms with E-state index in [9.17, 15) is 0 Å². The highest BCUT2D eigenvalue weighted by atomic mass is 28.5. The molecular formula is H10Al2O4Si3. The predicted molar refractivity (Wildman–Crippen MR) is 47.1 cm³/mol. The first kappa shape index (κ1) is 10.6. The Labute approximate surface area is 78.3 Å². The first-order chi connectivity index (χ1) is 4.24. The van der Waals surface area contributed by atoms with Gasteiger partial charge in [0, 0.05) is 0 Å². The van der Waals surface area contributed by atoms with Crippen LogP contribution in [-0.2, 0) is 15.2 Å². The molecule has 0 bridgehead atoms. The Morgan fingerprint density at radius 3 is 1.33 bits per heavy atom. The van der Waals surface area contributed by atoms with Crippen molar-refractivity contribution in [3.05, 3.63) is 0 Å². The van der Waals surface area contributed by atoms with Crippen molar-refractivity contribution in [2.45, 2.75) is 0 Å². The van der Waals surface area contributed by atoms with Crippen LogP contribution < -0.4 is 0 Å². The molecule has 0 aliphatic rings. The molecule has 0 N–H and O–H groups in total. The summed E-state index contributed by atoms with van der Waals surface area (Å²) in [6.07, 6.45) is 0. The van der Waals surface area contributed by atoms with E-state index in [0.717, 1.165) is 0 Å². The summed E-state index contributed by atoms with van der Waals surface area (Å²) in [4.78, 5) is 0. The maximum Gasteiger partial charge on any atom is 0.596 e. The third-order valence-corrected chi connectivity index (χ3v) is 9.00. The summed E-state index contributed by atoms with van der Waals surface area (Å²) in [5.41, 5.74) is 0. The fraction of sp³-hybridized carbons (Fsp3) is 0. The Morgan fingerprint density at radius 1 is 1.00 bits per heavy atom. The summed E-state index contributed by atoms with van der Waals surface area (Å²) in [7, 11) is -1.19. The van der Waals surface area contributed by atoms with Crippen LogP contribution in [0.5, 0.6) is 0 Å². The van der Waals surface area contributed by atoms with Crippen LogP contribution in [0.2, 0.25) is 0 Å². The molecule has 0 rings (SSSR count). The average Bonchev–Trinajstić information content (AvgIpc) is 1.95. The molecule has 9 heavy (non-hydrogen) atoms. The topological polar surface area (TPSA) is 36.9 Å². The Kier molecular flexibility index (Phi) is 6.14. The molecule has 0 heterocycles. The standard InChI is InChI=1S/2Al.H6O4Si3.4H/c;;1-7(2,3-5)4-6;;;;/h;;5-6H3;;;;/q2*+1;-2;;;;. The molecule has 0 saturated heterocycles. The van der Waals surface area contributed by atoms with Crippen LogP contribution in [0, 0.1) is 0 Å². The van der Waals surface area contributed by atoms with Crippen molar-refractivity contribution in [2.24, 2.45) is 0 Å². The number of hydrogen-bond donors (Lipinski definition) is 0. The Balaban J connectivity index is 3.82. The first-order valence-electron chi connectivity index (χ1n) is 2.45.